The van der Waals surface area contributed by atoms with Gasteiger partial charge in [-0.15, -0.1) is 0 Å². The van der Waals surface area contributed by atoms with Gasteiger partial charge in [0.15, 0.2) is 0 Å². The minimum atomic E-state index is -3.61. The summed E-state index contributed by atoms with van der Waals surface area (Å²) in [6.07, 6.45) is 1.86. The Morgan fingerprint density at radius 1 is 1.07 bits per heavy atom. The SMILES string of the molecule is CCCN(CCC)S(=O)(=O)c1cc(C(C)C)c(CC#N)cc1C(C)(C)C(C)C. The molecule has 0 aliphatic carbocycles. The summed E-state index contributed by atoms with van der Waals surface area (Å²) < 4.78 is 29.0. The second-order valence-corrected chi connectivity index (χ2v) is 10.7. The van der Waals surface area contributed by atoms with Crippen LogP contribution in [0.2, 0.25) is 0 Å². The Kier molecular flexibility index (Phi) is 8.71. The number of nitriles is 1. The lowest BCUT2D eigenvalue weighted by Gasteiger charge is -2.34. The Morgan fingerprint density at radius 3 is 2.00 bits per heavy atom. The first-order valence-corrected chi connectivity index (χ1v) is 11.9. The maximum atomic E-state index is 13.7. The van der Waals surface area contributed by atoms with Gasteiger partial charge in [0.1, 0.15) is 0 Å². The lowest BCUT2D eigenvalue weighted by atomic mass is 9.74. The van der Waals surface area contributed by atoms with Crippen molar-refractivity contribution in [1.29, 1.82) is 5.26 Å². The van der Waals surface area contributed by atoms with Crippen molar-refractivity contribution in [2.45, 2.75) is 90.9 Å². The number of nitrogens with zero attached hydrogens (tertiary/aromatic N) is 2. The predicted molar refractivity (Wildman–Crippen MR) is 117 cm³/mol. The summed E-state index contributed by atoms with van der Waals surface area (Å²) in [6.45, 7) is 17.6. The molecule has 158 valence electrons. The van der Waals surface area contributed by atoms with Crippen LogP contribution in [0.1, 0.15) is 90.8 Å². The van der Waals surface area contributed by atoms with Crippen LogP contribution in [0.25, 0.3) is 0 Å². The van der Waals surface area contributed by atoms with Gasteiger partial charge in [-0.1, -0.05) is 61.5 Å². The van der Waals surface area contributed by atoms with E-state index in [2.05, 4.69) is 47.6 Å². The van der Waals surface area contributed by atoms with Crippen molar-refractivity contribution in [2.24, 2.45) is 5.92 Å². The second kappa shape index (κ2) is 9.89. The highest BCUT2D eigenvalue weighted by Gasteiger charge is 2.35. The van der Waals surface area contributed by atoms with Crippen molar-refractivity contribution in [2.75, 3.05) is 13.1 Å². The molecule has 0 saturated heterocycles. The molecule has 0 amide bonds. The van der Waals surface area contributed by atoms with E-state index in [4.69, 9.17) is 0 Å². The first-order valence-electron chi connectivity index (χ1n) is 10.5. The Hall–Kier alpha value is -1.38. The van der Waals surface area contributed by atoms with Gasteiger partial charge in [0, 0.05) is 13.1 Å². The quantitative estimate of drug-likeness (QED) is 0.506. The monoisotopic (exact) mass is 406 g/mol. The van der Waals surface area contributed by atoms with Gasteiger partial charge >= 0.3 is 0 Å². The van der Waals surface area contributed by atoms with Crippen molar-refractivity contribution < 1.29 is 8.42 Å². The molecule has 0 fully saturated rings. The smallest absolute Gasteiger partial charge is 0.207 e. The molecule has 0 heterocycles. The van der Waals surface area contributed by atoms with Gasteiger partial charge in [-0.3, -0.25) is 0 Å². The summed E-state index contributed by atoms with van der Waals surface area (Å²) in [6, 6.07) is 6.09. The van der Waals surface area contributed by atoms with Crippen molar-refractivity contribution >= 4 is 10.0 Å². The van der Waals surface area contributed by atoms with E-state index in [1.54, 1.807) is 4.31 Å². The lowest BCUT2D eigenvalue weighted by molar-refractivity contribution is 0.361. The van der Waals surface area contributed by atoms with E-state index in [1.165, 1.54) is 0 Å². The number of hydrogen-bond acceptors (Lipinski definition) is 3. The van der Waals surface area contributed by atoms with Gasteiger partial charge in [0.2, 0.25) is 10.0 Å². The molecule has 4 nitrogen and oxygen atoms in total. The molecule has 5 heteroatoms. The average Bonchev–Trinajstić information content (AvgIpc) is 2.60. The largest absolute Gasteiger partial charge is 0.243 e. The molecule has 1 rings (SSSR count). The molecule has 0 aliphatic rings. The summed E-state index contributed by atoms with van der Waals surface area (Å²) in [7, 11) is -3.61. The molecule has 1 aromatic rings. The van der Waals surface area contributed by atoms with Crippen molar-refractivity contribution in [3.05, 3.63) is 28.8 Å². The van der Waals surface area contributed by atoms with E-state index in [-0.39, 0.29) is 17.3 Å². The fourth-order valence-corrected chi connectivity index (χ4v) is 5.43. The number of benzene rings is 1. The third-order valence-electron chi connectivity index (χ3n) is 5.83. The van der Waals surface area contributed by atoms with Crippen molar-refractivity contribution in [3.63, 3.8) is 0 Å². The van der Waals surface area contributed by atoms with Crippen LogP contribution < -0.4 is 0 Å². The zero-order valence-corrected chi connectivity index (χ0v) is 19.8. The lowest BCUT2D eigenvalue weighted by Crippen LogP contribution is -2.36. The Morgan fingerprint density at radius 2 is 1.61 bits per heavy atom. The highest BCUT2D eigenvalue weighted by molar-refractivity contribution is 7.89. The van der Waals surface area contributed by atoms with E-state index >= 15 is 0 Å². The maximum absolute atomic E-state index is 13.7. The van der Waals surface area contributed by atoms with Crippen LogP contribution in [-0.4, -0.2) is 25.8 Å². The van der Waals surface area contributed by atoms with Gasteiger partial charge < -0.3 is 0 Å². The predicted octanol–water partition coefficient (Wildman–Crippen LogP) is 5.62. The number of hydrogen-bond donors (Lipinski definition) is 0. The summed E-state index contributed by atoms with van der Waals surface area (Å²) in [5.41, 5.74) is 2.40. The zero-order chi connectivity index (χ0) is 21.7. The van der Waals surface area contributed by atoms with Crippen LogP contribution in [0.3, 0.4) is 0 Å². The van der Waals surface area contributed by atoms with Crippen LogP contribution in [0.4, 0.5) is 0 Å². The van der Waals surface area contributed by atoms with Gasteiger partial charge in [0.25, 0.3) is 0 Å². The van der Waals surface area contributed by atoms with Gasteiger partial charge in [-0.2, -0.15) is 9.57 Å². The van der Waals surface area contributed by atoms with Crippen LogP contribution >= 0.6 is 0 Å². The summed E-state index contributed by atoms with van der Waals surface area (Å²) in [4.78, 5) is 0.415. The normalized spacial score (nSPS) is 12.8. The molecule has 0 aliphatic heterocycles. The third-order valence-corrected chi connectivity index (χ3v) is 7.77. The average molecular weight is 407 g/mol. The Balaban J connectivity index is 3.89. The van der Waals surface area contributed by atoms with Crippen molar-refractivity contribution in [3.8, 4) is 6.07 Å². The minimum absolute atomic E-state index is 0.152. The van der Waals surface area contributed by atoms with E-state index in [0.717, 1.165) is 29.5 Å². The first kappa shape index (κ1) is 24.7. The second-order valence-electron chi connectivity index (χ2n) is 8.82. The molecule has 0 bridgehead atoms. The maximum Gasteiger partial charge on any atom is 0.243 e. The molecule has 0 radical (unpaired) electrons. The van der Waals surface area contributed by atoms with Crippen LogP contribution in [0, 0.1) is 17.2 Å². The molecule has 0 spiro atoms. The zero-order valence-electron chi connectivity index (χ0n) is 19.0. The van der Waals surface area contributed by atoms with Gasteiger partial charge in [-0.25, -0.2) is 8.42 Å². The summed E-state index contributed by atoms with van der Waals surface area (Å²) >= 11 is 0. The van der Waals surface area contributed by atoms with E-state index in [0.29, 0.717) is 24.4 Å². The number of rotatable bonds is 10. The van der Waals surface area contributed by atoms with Crippen LogP contribution in [0.15, 0.2) is 17.0 Å². The molecule has 0 atom stereocenters. The Labute approximate surface area is 173 Å². The van der Waals surface area contributed by atoms with Crippen molar-refractivity contribution in [1.82, 2.24) is 4.31 Å². The minimum Gasteiger partial charge on any atom is -0.207 e. The fraction of sp³-hybridized carbons (Fsp3) is 0.696. The summed E-state index contributed by atoms with van der Waals surface area (Å²) in [5, 5.41) is 9.31. The Bertz CT molecular complexity index is 797. The summed E-state index contributed by atoms with van der Waals surface area (Å²) in [5.74, 6) is 0.409. The van der Waals surface area contributed by atoms with E-state index in [9.17, 15) is 13.7 Å². The third kappa shape index (κ3) is 5.15. The van der Waals surface area contributed by atoms with E-state index < -0.39 is 10.0 Å². The van der Waals surface area contributed by atoms with E-state index in [1.807, 2.05) is 26.0 Å². The first-order chi connectivity index (χ1) is 12.9. The van der Waals surface area contributed by atoms with Gasteiger partial charge in [-0.05, 0) is 52.8 Å². The molecule has 0 saturated carbocycles. The van der Waals surface area contributed by atoms with Crippen LogP contribution in [0.5, 0.6) is 0 Å². The molecule has 0 N–H and O–H groups in total. The molecule has 1 aromatic carbocycles. The molecular formula is C23H38N2O2S. The number of sulfonamides is 1. The van der Waals surface area contributed by atoms with Gasteiger partial charge in [0.05, 0.1) is 17.4 Å². The molecular weight excluding hydrogens is 368 g/mol. The molecule has 0 unspecified atom stereocenters. The fourth-order valence-electron chi connectivity index (χ4n) is 3.43. The highest BCUT2D eigenvalue weighted by Crippen LogP contribution is 2.39. The topological polar surface area (TPSA) is 61.2 Å². The standard InChI is InChI=1S/C23H38N2O2S/c1-9-13-25(14-10-2)28(26,27)22-16-20(17(3)4)19(11-12-24)15-21(22)23(7,8)18(5)6/h15-18H,9-11,13-14H2,1-8H3. The molecule has 28 heavy (non-hydrogen) atoms. The highest BCUT2D eigenvalue weighted by atomic mass is 32.2. The molecule has 0 aromatic heterocycles. The van der Waals surface area contributed by atoms with Crippen LogP contribution in [-0.2, 0) is 21.9 Å².